The predicted molar refractivity (Wildman–Crippen MR) is 106 cm³/mol. The van der Waals surface area contributed by atoms with Crippen molar-refractivity contribution in [1.82, 2.24) is 19.5 Å². The van der Waals surface area contributed by atoms with Crippen molar-refractivity contribution in [2.75, 3.05) is 10.6 Å². The van der Waals surface area contributed by atoms with E-state index in [4.69, 9.17) is 0 Å². The maximum absolute atomic E-state index is 9.57. The predicted octanol–water partition coefficient (Wildman–Crippen LogP) is 3.80. The molecule has 140 valence electrons. The molecule has 0 aliphatic carbocycles. The number of rotatable bonds is 6. The lowest BCUT2D eigenvalue weighted by atomic mass is 10.2. The first-order valence-corrected chi connectivity index (χ1v) is 9.01. The molecule has 3 N–H and O–H groups in total. The molecular formula is C19H28N6O. The number of aliphatic hydroxyl groups is 1. The number of anilines is 2. The van der Waals surface area contributed by atoms with Crippen molar-refractivity contribution in [2.45, 2.75) is 53.4 Å². The first-order chi connectivity index (χ1) is 12.5. The fourth-order valence-electron chi connectivity index (χ4n) is 2.45. The van der Waals surface area contributed by atoms with Crippen LogP contribution >= 0.6 is 0 Å². The topological polar surface area (TPSA) is 87.9 Å². The van der Waals surface area contributed by atoms with E-state index in [0.717, 1.165) is 16.7 Å². The largest absolute Gasteiger partial charge is 0.374 e. The zero-order valence-corrected chi connectivity index (χ0v) is 16.1. The van der Waals surface area contributed by atoms with E-state index in [0.29, 0.717) is 18.3 Å². The van der Waals surface area contributed by atoms with Crippen LogP contribution in [0.25, 0.3) is 11.2 Å². The molecule has 0 aliphatic rings. The number of hydrogen-bond donors (Lipinski definition) is 3. The highest BCUT2D eigenvalue weighted by Gasteiger charge is 2.15. The molecule has 0 aliphatic heterocycles. The van der Waals surface area contributed by atoms with Crippen molar-refractivity contribution < 1.29 is 5.11 Å². The molecule has 3 aromatic rings. The Morgan fingerprint density at radius 2 is 1.77 bits per heavy atom. The second kappa shape index (κ2) is 9.15. The zero-order chi connectivity index (χ0) is 19.1. The van der Waals surface area contributed by atoms with Gasteiger partial charge >= 0.3 is 0 Å². The first-order valence-electron chi connectivity index (χ1n) is 9.01. The minimum Gasteiger partial charge on any atom is -0.374 e. The highest BCUT2D eigenvalue weighted by Crippen LogP contribution is 2.24. The average molecular weight is 356 g/mol. The van der Waals surface area contributed by atoms with Crippen LogP contribution in [0.3, 0.4) is 0 Å². The number of fused-ring (bicyclic) bond motifs is 1. The Labute approximate surface area is 154 Å². The van der Waals surface area contributed by atoms with Gasteiger partial charge in [-0.2, -0.15) is 9.97 Å². The number of aromatic nitrogens is 4. The lowest BCUT2D eigenvalue weighted by Gasteiger charge is -2.13. The van der Waals surface area contributed by atoms with E-state index in [1.165, 1.54) is 0 Å². The second-order valence-electron chi connectivity index (χ2n) is 5.97. The van der Waals surface area contributed by atoms with E-state index < -0.39 is 6.23 Å². The fourth-order valence-corrected chi connectivity index (χ4v) is 2.45. The third kappa shape index (κ3) is 4.70. The number of hydrogen-bond acceptors (Lipinski definition) is 6. The van der Waals surface area contributed by atoms with Gasteiger partial charge in [0.15, 0.2) is 17.0 Å². The third-order valence-corrected chi connectivity index (χ3v) is 3.62. The van der Waals surface area contributed by atoms with E-state index in [-0.39, 0.29) is 6.04 Å². The lowest BCUT2D eigenvalue weighted by molar-refractivity contribution is 0.223. The van der Waals surface area contributed by atoms with Crippen molar-refractivity contribution in [1.29, 1.82) is 0 Å². The van der Waals surface area contributed by atoms with Crippen molar-refractivity contribution in [3.05, 3.63) is 42.2 Å². The molecule has 0 fully saturated rings. The summed E-state index contributed by atoms with van der Waals surface area (Å²) < 4.78 is 1.98. The second-order valence-corrected chi connectivity index (χ2v) is 5.97. The summed E-state index contributed by atoms with van der Waals surface area (Å²) in [6, 6.07) is 10.3. The quantitative estimate of drug-likeness (QED) is 0.582. The number of nitrogens with one attached hydrogen (secondary N) is 2. The lowest BCUT2D eigenvalue weighted by Crippen LogP contribution is -2.17. The average Bonchev–Trinajstić information content (AvgIpc) is 3.06. The summed E-state index contributed by atoms with van der Waals surface area (Å²) in [7, 11) is 0. The molecule has 2 heterocycles. The highest BCUT2D eigenvalue weighted by atomic mass is 16.3. The Morgan fingerprint density at radius 3 is 2.38 bits per heavy atom. The van der Waals surface area contributed by atoms with Gasteiger partial charge in [-0.3, -0.25) is 0 Å². The van der Waals surface area contributed by atoms with Crippen LogP contribution in [0.1, 0.15) is 46.2 Å². The van der Waals surface area contributed by atoms with Crippen LogP contribution in [-0.4, -0.2) is 30.9 Å². The summed E-state index contributed by atoms with van der Waals surface area (Å²) in [5.41, 5.74) is 2.60. The van der Waals surface area contributed by atoms with Gasteiger partial charge in [0.25, 0.3) is 0 Å². The van der Waals surface area contributed by atoms with Crippen LogP contribution in [-0.2, 0) is 6.54 Å². The van der Waals surface area contributed by atoms with Gasteiger partial charge in [0, 0.05) is 12.6 Å². The van der Waals surface area contributed by atoms with Crippen molar-refractivity contribution in [3.8, 4) is 0 Å². The fraction of sp³-hybridized carbons (Fsp3) is 0.421. The van der Waals surface area contributed by atoms with Crippen molar-refractivity contribution >= 4 is 22.9 Å². The highest BCUT2D eigenvalue weighted by molar-refractivity contribution is 5.84. The summed E-state index contributed by atoms with van der Waals surface area (Å²) >= 11 is 0. The molecular weight excluding hydrogens is 328 g/mol. The minimum absolute atomic E-state index is 0.228. The Bertz CT molecular complexity index is 814. The van der Waals surface area contributed by atoms with E-state index in [1.807, 2.05) is 48.7 Å². The van der Waals surface area contributed by atoms with Crippen LogP contribution in [0, 0.1) is 0 Å². The van der Waals surface area contributed by atoms with E-state index in [1.54, 1.807) is 13.3 Å². The van der Waals surface area contributed by atoms with Crippen molar-refractivity contribution in [3.63, 3.8) is 0 Å². The number of aliphatic hydroxyl groups excluding tert-OH is 1. The zero-order valence-electron chi connectivity index (χ0n) is 16.1. The molecule has 0 saturated heterocycles. The number of benzene rings is 1. The van der Waals surface area contributed by atoms with E-state index in [2.05, 4.69) is 39.4 Å². The Morgan fingerprint density at radius 1 is 1.08 bits per heavy atom. The summed E-state index contributed by atoms with van der Waals surface area (Å²) in [5, 5.41) is 15.7. The summed E-state index contributed by atoms with van der Waals surface area (Å²) in [5.74, 6) is 1.02. The molecule has 7 nitrogen and oxygen atoms in total. The minimum atomic E-state index is -0.736. The van der Waals surface area contributed by atoms with E-state index >= 15 is 0 Å². The molecule has 0 bridgehead atoms. The monoisotopic (exact) mass is 356 g/mol. The van der Waals surface area contributed by atoms with Crippen molar-refractivity contribution in [2.24, 2.45) is 0 Å². The third-order valence-electron chi connectivity index (χ3n) is 3.62. The number of imidazole rings is 1. The summed E-state index contributed by atoms with van der Waals surface area (Å²) in [6.07, 6.45) is 1.03. The van der Waals surface area contributed by atoms with Gasteiger partial charge in [-0.15, -0.1) is 0 Å². The first kappa shape index (κ1) is 19.7. The van der Waals surface area contributed by atoms with Crippen LogP contribution in [0.5, 0.6) is 0 Å². The maximum Gasteiger partial charge on any atom is 0.228 e. The summed E-state index contributed by atoms with van der Waals surface area (Å²) in [6.45, 7) is 10.4. The molecule has 1 aromatic carbocycles. The summed E-state index contributed by atoms with van der Waals surface area (Å²) in [4.78, 5) is 13.4. The normalized spacial score (nSPS) is 11.8. The van der Waals surface area contributed by atoms with Crippen LogP contribution < -0.4 is 10.6 Å². The molecule has 0 spiro atoms. The van der Waals surface area contributed by atoms with Gasteiger partial charge in [-0.1, -0.05) is 44.2 Å². The van der Waals surface area contributed by atoms with Gasteiger partial charge in [-0.25, -0.2) is 4.98 Å². The number of nitrogens with zero attached hydrogens (tertiary/aromatic N) is 4. The molecule has 3 rings (SSSR count). The standard InChI is InChI=1S/C17H22N6O.C2H6/c1-11(2)23-10-19-14-15(18-9-13-7-5-4-6-8-13)21-17(20-12(3)24)22-16(14)23;1-2/h4-8,10-12,24H,9H2,1-3H3,(H2,18,20,21,22);1-2H3. The van der Waals surface area contributed by atoms with Gasteiger partial charge < -0.3 is 20.3 Å². The van der Waals surface area contributed by atoms with Crippen LogP contribution in [0.4, 0.5) is 11.8 Å². The Hall–Kier alpha value is -2.67. The van der Waals surface area contributed by atoms with Gasteiger partial charge in [0.1, 0.15) is 6.23 Å². The SMILES string of the molecule is CC.CC(O)Nc1nc(NCc2ccccc2)c2ncn(C(C)C)c2n1. The van der Waals surface area contributed by atoms with Gasteiger partial charge in [-0.05, 0) is 26.3 Å². The molecule has 26 heavy (non-hydrogen) atoms. The Balaban J connectivity index is 0.00000117. The molecule has 0 amide bonds. The van der Waals surface area contributed by atoms with E-state index in [9.17, 15) is 5.11 Å². The smallest absolute Gasteiger partial charge is 0.228 e. The molecule has 1 unspecified atom stereocenters. The molecule has 0 saturated carbocycles. The maximum atomic E-state index is 9.57. The molecule has 7 heteroatoms. The molecule has 2 aromatic heterocycles. The molecule has 0 radical (unpaired) electrons. The van der Waals surface area contributed by atoms with Gasteiger partial charge in [0.05, 0.1) is 6.33 Å². The van der Waals surface area contributed by atoms with Gasteiger partial charge in [0.2, 0.25) is 5.95 Å². The molecule has 1 atom stereocenters. The Kier molecular flexibility index (Phi) is 6.91. The van der Waals surface area contributed by atoms with Crippen LogP contribution in [0.2, 0.25) is 0 Å². The van der Waals surface area contributed by atoms with Crippen LogP contribution in [0.15, 0.2) is 36.7 Å².